The van der Waals surface area contributed by atoms with E-state index in [0.717, 1.165) is 10.5 Å². The maximum absolute atomic E-state index is 12.3. The molecule has 0 aliphatic carbocycles. The first kappa shape index (κ1) is 17.9. The van der Waals surface area contributed by atoms with Crippen LogP contribution in [0.15, 0.2) is 47.4 Å². The first-order valence-electron chi connectivity index (χ1n) is 7.29. The summed E-state index contributed by atoms with van der Waals surface area (Å²) in [4.78, 5) is 13.4. The molecule has 24 heavy (non-hydrogen) atoms. The fraction of sp³-hybridized carbons (Fsp3) is 0.211. The van der Waals surface area contributed by atoms with Crippen molar-refractivity contribution in [2.45, 2.75) is 4.90 Å². The number of ether oxygens (including phenoxy) is 3. The van der Waals surface area contributed by atoms with Gasteiger partial charge in [0.05, 0.1) is 21.3 Å². The van der Waals surface area contributed by atoms with Gasteiger partial charge in [0, 0.05) is 10.5 Å². The van der Waals surface area contributed by atoms with Crippen LogP contribution >= 0.6 is 11.8 Å². The van der Waals surface area contributed by atoms with E-state index in [0.29, 0.717) is 22.8 Å². The minimum absolute atomic E-state index is 0.0589. The van der Waals surface area contributed by atoms with Gasteiger partial charge in [-0.2, -0.15) is 0 Å². The van der Waals surface area contributed by atoms with E-state index in [1.54, 1.807) is 51.3 Å². The Bertz CT molecular complexity index is 711. The minimum Gasteiger partial charge on any atom is -0.493 e. The van der Waals surface area contributed by atoms with E-state index in [1.165, 1.54) is 6.08 Å². The fourth-order valence-electron chi connectivity index (χ4n) is 2.22. The minimum atomic E-state index is -0.0589. The Hall–Kier alpha value is -2.40. The van der Waals surface area contributed by atoms with Crippen molar-refractivity contribution in [1.29, 1.82) is 0 Å². The summed E-state index contributed by atoms with van der Waals surface area (Å²) in [7, 11) is 4.67. The summed E-state index contributed by atoms with van der Waals surface area (Å²) in [6.45, 7) is 0. The standard InChI is InChI=1S/C19H20O4S/c1-21-17-11-13(12-18(22-2)19(17)23-3)5-10-16(20)14-6-8-15(24-4)9-7-14/h5-12H,1-4H3/b10-5+. The van der Waals surface area contributed by atoms with Crippen LogP contribution in [0.1, 0.15) is 15.9 Å². The normalized spacial score (nSPS) is 10.7. The third-order valence-electron chi connectivity index (χ3n) is 3.49. The van der Waals surface area contributed by atoms with E-state index < -0.39 is 0 Å². The monoisotopic (exact) mass is 344 g/mol. The molecule has 2 aromatic carbocycles. The highest BCUT2D eigenvalue weighted by atomic mass is 32.2. The lowest BCUT2D eigenvalue weighted by molar-refractivity contribution is 0.104. The second-order valence-corrected chi connectivity index (χ2v) is 5.76. The number of allylic oxidation sites excluding steroid dienone is 1. The van der Waals surface area contributed by atoms with Crippen LogP contribution in [0.4, 0.5) is 0 Å². The number of thioether (sulfide) groups is 1. The highest BCUT2D eigenvalue weighted by molar-refractivity contribution is 7.98. The molecular weight excluding hydrogens is 324 g/mol. The second kappa shape index (κ2) is 8.45. The lowest BCUT2D eigenvalue weighted by Crippen LogP contribution is -1.96. The molecule has 0 bridgehead atoms. The molecule has 0 atom stereocenters. The molecule has 0 N–H and O–H groups in total. The average molecular weight is 344 g/mol. The van der Waals surface area contributed by atoms with Gasteiger partial charge in [-0.3, -0.25) is 4.79 Å². The van der Waals surface area contributed by atoms with Gasteiger partial charge in [-0.05, 0) is 54.3 Å². The third kappa shape index (κ3) is 4.11. The maximum atomic E-state index is 12.3. The van der Waals surface area contributed by atoms with Crippen LogP contribution in [0.3, 0.4) is 0 Å². The smallest absolute Gasteiger partial charge is 0.203 e. The van der Waals surface area contributed by atoms with E-state index in [1.807, 2.05) is 30.5 Å². The number of ketones is 1. The summed E-state index contributed by atoms with van der Waals surface area (Å²) in [5, 5.41) is 0. The molecule has 0 aliphatic rings. The Morgan fingerprint density at radius 1 is 0.958 bits per heavy atom. The average Bonchev–Trinajstić information content (AvgIpc) is 2.65. The van der Waals surface area contributed by atoms with E-state index in [2.05, 4.69) is 0 Å². The van der Waals surface area contributed by atoms with Gasteiger partial charge in [0.25, 0.3) is 0 Å². The number of rotatable bonds is 7. The third-order valence-corrected chi connectivity index (χ3v) is 4.23. The van der Waals surface area contributed by atoms with E-state index in [-0.39, 0.29) is 5.78 Å². The number of benzene rings is 2. The highest BCUT2D eigenvalue weighted by Crippen LogP contribution is 2.38. The lowest BCUT2D eigenvalue weighted by atomic mass is 10.1. The highest BCUT2D eigenvalue weighted by Gasteiger charge is 2.12. The molecule has 0 radical (unpaired) electrons. The maximum Gasteiger partial charge on any atom is 0.203 e. The van der Waals surface area contributed by atoms with Crippen molar-refractivity contribution < 1.29 is 19.0 Å². The molecule has 0 saturated carbocycles. The molecule has 0 heterocycles. The number of hydrogen-bond donors (Lipinski definition) is 0. The van der Waals surface area contributed by atoms with Gasteiger partial charge >= 0.3 is 0 Å². The summed E-state index contributed by atoms with van der Waals surface area (Å²) in [6.07, 6.45) is 5.27. The number of hydrogen-bond acceptors (Lipinski definition) is 5. The van der Waals surface area contributed by atoms with Gasteiger partial charge < -0.3 is 14.2 Å². The summed E-state index contributed by atoms with van der Waals surface area (Å²) < 4.78 is 15.9. The zero-order chi connectivity index (χ0) is 17.5. The zero-order valence-corrected chi connectivity index (χ0v) is 15.0. The molecule has 126 valence electrons. The Kier molecular flexibility index (Phi) is 6.32. The number of methoxy groups -OCH3 is 3. The predicted octanol–water partition coefficient (Wildman–Crippen LogP) is 4.33. The molecule has 4 nitrogen and oxygen atoms in total. The molecule has 0 fully saturated rings. The van der Waals surface area contributed by atoms with Gasteiger partial charge in [0.2, 0.25) is 5.75 Å². The SMILES string of the molecule is COc1cc(/C=C/C(=O)c2ccc(SC)cc2)cc(OC)c1OC. The topological polar surface area (TPSA) is 44.8 Å². The molecular formula is C19H20O4S. The van der Waals surface area contributed by atoms with E-state index in [4.69, 9.17) is 14.2 Å². The predicted molar refractivity (Wildman–Crippen MR) is 97.7 cm³/mol. The van der Waals surface area contributed by atoms with Crippen LogP contribution < -0.4 is 14.2 Å². The molecule has 0 aliphatic heterocycles. The largest absolute Gasteiger partial charge is 0.493 e. The van der Waals surface area contributed by atoms with Crippen molar-refractivity contribution in [2.75, 3.05) is 27.6 Å². The van der Waals surface area contributed by atoms with Crippen LogP contribution in [0, 0.1) is 0 Å². The summed E-state index contributed by atoms with van der Waals surface area (Å²) in [5.41, 5.74) is 1.44. The Morgan fingerprint density at radius 3 is 2.00 bits per heavy atom. The first-order valence-corrected chi connectivity index (χ1v) is 8.52. The van der Waals surface area contributed by atoms with Crippen molar-refractivity contribution in [3.63, 3.8) is 0 Å². The van der Waals surface area contributed by atoms with Crippen molar-refractivity contribution in [1.82, 2.24) is 0 Å². The number of carbonyl (C=O) groups excluding carboxylic acids is 1. The van der Waals surface area contributed by atoms with Gasteiger partial charge in [-0.1, -0.05) is 6.08 Å². The Labute approximate surface area is 146 Å². The summed E-state index contributed by atoms with van der Waals surface area (Å²) >= 11 is 1.64. The van der Waals surface area contributed by atoms with Crippen molar-refractivity contribution in [3.05, 3.63) is 53.6 Å². The fourth-order valence-corrected chi connectivity index (χ4v) is 2.63. The molecule has 0 saturated heterocycles. The zero-order valence-electron chi connectivity index (χ0n) is 14.2. The van der Waals surface area contributed by atoms with Crippen LogP contribution in [0.5, 0.6) is 17.2 Å². The first-order chi connectivity index (χ1) is 11.6. The molecule has 2 aromatic rings. The van der Waals surface area contributed by atoms with Gasteiger partial charge in [-0.15, -0.1) is 11.8 Å². The van der Waals surface area contributed by atoms with E-state index in [9.17, 15) is 4.79 Å². The molecule has 0 amide bonds. The van der Waals surface area contributed by atoms with Crippen molar-refractivity contribution in [3.8, 4) is 17.2 Å². The quantitative estimate of drug-likeness (QED) is 0.425. The lowest BCUT2D eigenvalue weighted by Gasteiger charge is -2.12. The molecule has 0 unspecified atom stereocenters. The Morgan fingerprint density at radius 2 is 1.54 bits per heavy atom. The van der Waals surface area contributed by atoms with Gasteiger partial charge in [0.15, 0.2) is 17.3 Å². The second-order valence-electron chi connectivity index (χ2n) is 4.88. The van der Waals surface area contributed by atoms with Crippen LogP contribution in [0.2, 0.25) is 0 Å². The van der Waals surface area contributed by atoms with Gasteiger partial charge in [-0.25, -0.2) is 0 Å². The molecule has 2 rings (SSSR count). The summed E-state index contributed by atoms with van der Waals surface area (Å²) in [5.74, 6) is 1.56. The van der Waals surface area contributed by atoms with E-state index >= 15 is 0 Å². The van der Waals surface area contributed by atoms with Crippen LogP contribution in [-0.2, 0) is 0 Å². The molecule has 0 aromatic heterocycles. The van der Waals surface area contributed by atoms with Gasteiger partial charge in [0.1, 0.15) is 0 Å². The number of carbonyl (C=O) groups is 1. The Balaban J connectivity index is 2.25. The molecule has 0 spiro atoms. The van der Waals surface area contributed by atoms with Crippen molar-refractivity contribution >= 4 is 23.6 Å². The van der Waals surface area contributed by atoms with Crippen LogP contribution in [0.25, 0.3) is 6.08 Å². The van der Waals surface area contributed by atoms with Crippen molar-refractivity contribution in [2.24, 2.45) is 0 Å². The molecule has 5 heteroatoms. The van der Waals surface area contributed by atoms with Crippen LogP contribution in [-0.4, -0.2) is 33.4 Å². The summed E-state index contributed by atoms with van der Waals surface area (Å²) in [6, 6.07) is 11.1.